The van der Waals surface area contributed by atoms with Crippen LogP contribution in [0, 0.1) is 0 Å². The Morgan fingerprint density at radius 3 is 1.73 bits per heavy atom. The first-order valence-electron chi connectivity index (χ1n) is 3.74. The van der Waals surface area contributed by atoms with Gasteiger partial charge in [0.1, 0.15) is 0 Å². The standard InChI is InChI=1S/C9H4ClF3O2/c10-8(15)6-3-1-5(2-4-6)7(14)9(11,12)13/h1-4H. The van der Waals surface area contributed by atoms with Crippen LogP contribution in [0.25, 0.3) is 0 Å². The Balaban J connectivity index is 3.00. The summed E-state index contributed by atoms with van der Waals surface area (Å²) >= 11 is 5.08. The zero-order chi connectivity index (χ0) is 11.6. The average Bonchev–Trinajstić information content (AvgIpc) is 2.15. The van der Waals surface area contributed by atoms with E-state index < -0.39 is 22.8 Å². The summed E-state index contributed by atoms with van der Waals surface area (Å²) in [6, 6.07) is 3.94. The molecule has 0 amide bonds. The zero-order valence-electron chi connectivity index (χ0n) is 7.14. The third-order valence-electron chi connectivity index (χ3n) is 1.63. The van der Waals surface area contributed by atoms with E-state index in [0.29, 0.717) is 0 Å². The lowest BCUT2D eigenvalue weighted by Crippen LogP contribution is -2.22. The van der Waals surface area contributed by atoms with E-state index in [2.05, 4.69) is 0 Å². The number of halogens is 4. The van der Waals surface area contributed by atoms with Crippen LogP contribution in [0.1, 0.15) is 20.7 Å². The number of rotatable bonds is 2. The fourth-order valence-electron chi connectivity index (χ4n) is 0.916. The Kier molecular flexibility index (Phi) is 3.14. The highest BCUT2D eigenvalue weighted by Crippen LogP contribution is 2.21. The van der Waals surface area contributed by atoms with Crippen LogP contribution in [0.15, 0.2) is 24.3 Å². The molecule has 80 valence electrons. The normalized spacial score (nSPS) is 11.2. The average molecular weight is 237 g/mol. The quantitative estimate of drug-likeness (QED) is 0.584. The van der Waals surface area contributed by atoms with E-state index >= 15 is 0 Å². The third kappa shape index (κ3) is 2.79. The number of carbonyl (C=O) groups excluding carboxylic acids is 2. The van der Waals surface area contributed by atoms with Crippen LogP contribution in [0.2, 0.25) is 0 Å². The minimum absolute atomic E-state index is 0.0374. The maximum Gasteiger partial charge on any atom is 0.454 e. The van der Waals surface area contributed by atoms with Crippen molar-refractivity contribution in [2.24, 2.45) is 0 Å². The highest BCUT2D eigenvalue weighted by Gasteiger charge is 2.39. The van der Waals surface area contributed by atoms with E-state index in [1.54, 1.807) is 0 Å². The molecule has 0 saturated heterocycles. The van der Waals surface area contributed by atoms with Gasteiger partial charge in [0.25, 0.3) is 11.0 Å². The molecule has 0 unspecified atom stereocenters. The number of ketones is 1. The first-order valence-corrected chi connectivity index (χ1v) is 4.11. The zero-order valence-corrected chi connectivity index (χ0v) is 7.89. The van der Waals surface area contributed by atoms with Crippen molar-refractivity contribution < 1.29 is 22.8 Å². The van der Waals surface area contributed by atoms with Crippen molar-refractivity contribution in [3.05, 3.63) is 35.4 Å². The largest absolute Gasteiger partial charge is 0.454 e. The van der Waals surface area contributed by atoms with Crippen molar-refractivity contribution >= 4 is 22.6 Å². The topological polar surface area (TPSA) is 34.1 Å². The summed E-state index contributed by atoms with van der Waals surface area (Å²) in [5.74, 6) is -1.95. The van der Waals surface area contributed by atoms with Crippen LogP contribution in [0.4, 0.5) is 13.2 Å². The predicted molar refractivity (Wildman–Crippen MR) is 47.0 cm³/mol. The van der Waals surface area contributed by atoms with Gasteiger partial charge in [-0.25, -0.2) is 0 Å². The lowest BCUT2D eigenvalue weighted by molar-refractivity contribution is -0.0885. The Labute approximate surface area is 87.6 Å². The highest BCUT2D eigenvalue weighted by atomic mass is 35.5. The predicted octanol–water partition coefficient (Wildman–Crippen LogP) is 2.81. The SMILES string of the molecule is O=C(Cl)c1ccc(C(=O)C(F)(F)F)cc1. The molecule has 2 nitrogen and oxygen atoms in total. The van der Waals surface area contributed by atoms with E-state index in [0.717, 1.165) is 24.3 Å². The molecule has 1 aromatic carbocycles. The molecule has 0 spiro atoms. The van der Waals surface area contributed by atoms with Crippen LogP contribution in [-0.4, -0.2) is 17.2 Å². The van der Waals surface area contributed by atoms with Gasteiger partial charge in [0.05, 0.1) is 0 Å². The second-order valence-corrected chi connectivity index (χ2v) is 3.02. The maximum atomic E-state index is 12.0. The van der Waals surface area contributed by atoms with Gasteiger partial charge in [-0.3, -0.25) is 9.59 Å². The van der Waals surface area contributed by atoms with Gasteiger partial charge in [0.15, 0.2) is 0 Å². The van der Waals surface area contributed by atoms with Gasteiger partial charge in [-0.2, -0.15) is 13.2 Å². The smallest absolute Gasteiger partial charge is 0.284 e. The Morgan fingerprint density at radius 1 is 1.00 bits per heavy atom. The molecule has 6 heteroatoms. The molecular formula is C9H4ClF3O2. The molecule has 15 heavy (non-hydrogen) atoms. The molecule has 1 rings (SSSR count). The minimum atomic E-state index is -4.91. The van der Waals surface area contributed by atoms with E-state index in [1.165, 1.54) is 0 Å². The van der Waals surface area contributed by atoms with E-state index in [1.807, 2.05) is 0 Å². The van der Waals surface area contributed by atoms with Crippen LogP contribution in [0.3, 0.4) is 0 Å². The number of hydrogen-bond donors (Lipinski definition) is 0. The van der Waals surface area contributed by atoms with Gasteiger partial charge in [-0.05, 0) is 23.7 Å². The summed E-state index contributed by atoms with van der Waals surface area (Å²) < 4.78 is 35.9. The van der Waals surface area contributed by atoms with Gasteiger partial charge in [-0.1, -0.05) is 12.1 Å². The third-order valence-corrected chi connectivity index (χ3v) is 1.85. The van der Waals surface area contributed by atoms with Crippen molar-refractivity contribution in [2.75, 3.05) is 0 Å². The van der Waals surface area contributed by atoms with Gasteiger partial charge >= 0.3 is 6.18 Å². The summed E-state index contributed by atoms with van der Waals surface area (Å²) in [6.45, 7) is 0. The maximum absolute atomic E-state index is 12.0. The summed E-state index contributed by atoms with van der Waals surface area (Å²) in [6.07, 6.45) is -4.91. The minimum Gasteiger partial charge on any atom is -0.284 e. The van der Waals surface area contributed by atoms with Crippen molar-refractivity contribution in [2.45, 2.75) is 6.18 Å². The molecule has 0 bridgehead atoms. The number of hydrogen-bond acceptors (Lipinski definition) is 2. The van der Waals surface area contributed by atoms with Crippen molar-refractivity contribution in [3.63, 3.8) is 0 Å². The number of Topliss-reactive ketones (excluding diaryl/α,β-unsaturated/α-hetero) is 1. The molecule has 0 aliphatic rings. The van der Waals surface area contributed by atoms with Crippen LogP contribution in [0.5, 0.6) is 0 Å². The van der Waals surface area contributed by atoms with E-state index in [-0.39, 0.29) is 5.56 Å². The van der Waals surface area contributed by atoms with E-state index in [9.17, 15) is 22.8 Å². The molecule has 0 atom stereocenters. The molecule has 1 aromatic rings. The van der Waals surface area contributed by atoms with Gasteiger partial charge in [0, 0.05) is 11.1 Å². The summed E-state index contributed by atoms with van der Waals surface area (Å²) in [5, 5.41) is -0.791. The number of alkyl halides is 3. The van der Waals surface area contributed by atoms with Crippen molar-refractivity contribution in [3.8, 4) is 0 Å². The van der Waals surface area contributed by atoms with Gasteiger partial charge < -0.3 is 0 Å². The molecule has 0 radical (unpaired) electrons. The molecule has 0 N–H and O–H groups in total. The number of benzene rings is 1. The summed E-state index contributed by atoms with van der Waals surface area (Å²) in [4.78, 5) is 21.3. The monoisotopic (exact) mass is 236 g/mol. The Morgan fingerprint density at radius 2 is 1.40 bits per heavy atom. The lowest BCUT2D eigenvalue weighted by atomic mass is 10.1. The first-order chi connectivity index (χ1) is 6.82. The second-order valence-electron chi connectivity index (χ2n) is 2.68. The summed E-state index contributed by atoms with van der Waals surface area (Å²) in [5.41, 5.74) is -0.487. The fourth-order valence-corrected chi connectivity index (χ4v) is 1.04. The molecule has 0 heterocycles. The molecular weight excluding hydrogens is 233 g/mol. The van der Waals surface area contributed by atoms with Crippen molar-refractivity contribution in [1.29, 1.82) is 0 Å². The fraction of sp³-hybridized carbons (Fsp3) is 0.111. The van der Waals surface area contributed by atoms with Gasteiger partial charge in [-0.15, -0.1) is 0 Å². The molecule has 0 fully saturated rings. The first kappa shape index (κ1) is 11.7. The van der Waals surface area contributed by atoms with Crippen LogP contribution >= 0.6 is 11.6 Å². The number of carbonyl (C=O) groups is 2. The molecule has 0 aliphatic heterocycles. The molecule has 0 aliphatic carbocycles. The Hall–Kier alpha value is -1.36. The highest BCUT2D eigenvalue weighted by molar-refractivity contribution is 6.67. The van der Waals surface area contributed by atoms with Crippen LogP contribution in [-0.2, 0) is 0 Å². The van der Waals surface area contributed by atoms with E-state index in [4.69, 9.17) is 11.6 Å². The molecule has 0 aromatic heterocycles. The van der Waals surface area contributed by atoms with Gasteiger partial charge in [0.2, 0.25) is 0 Å². The van der Waals surface area contributed by atoms with Crippen molar-refractivity contribution in [1.82, 2.24) is 0 Å². The second kappa shape index (κ2) is 4.02. The lowest BCUT2D eigenvalue weighted by Gasteiger charge is -2.04. The molecule has 0 saturated carbocycles. The Bertz CT molecular complexity index is 395. The van der Waals surface area contributed by atoms with Crippen LogP contribution < -0.4 is 0 Å². The summed E-state index contributed by atoms with van der Waals surface area (Å²) in [7, 11) is 0.